The van der Waals surface area contributed by atoms with Crippen LogP contribution in [-0.4, -0.2) is 5.11 Å². The fraction of sp³-hybridized carbons (Fsp3) is 0.333. The molecule has 0 saturated carbocycles. The molecule has 0 aromatic carbocycles. The average molecular weight is 301 g/mol. The third kappa shape index (κ3) is 2.24. The molecule has 0 saturated heterocycles. The third-order valence-corrected chi connectivity index (χ3v) is 4.09. The first kappa shape index (κ1) is 11.9. The van der Waals surface area contributed by atoms with Crippen LogP contribution < -0.4 is 0 Å². The summed E-state index contributed by atoms with van der Waals surface area (Å²) in [5.41, 5.74) is 0.911. The molecule has 1 atom stereocenters. The van der Waals surface area contributed by atoms with Crippen LogP contribution in [0.3, 0.4) is 0 Å². The molecule has 0 spiro atoms. The lowest BCUT2D eigenvalue weighted by atomic mass is 10.1. The summed E-state index contributed by atoms with van der Waals surface area (Å²) in [6.07, 6.45) is 0.182. The van der Waals surface area contributed by atoms with Crippen molar-refractivity contribution >= 4 is 27.3 Å². The third-order valence-electron chi connectivity index (χ3n) is 2.52. The number of aryl methyl sites for hydroxylation is 2. The second-order valence-corrected chi connectivity index (χ2v) is 6.26. The minimum atomic E-state index is -0.664. The van der Waals surface area contributed by atoms with Crippen LogP contribution in [0.4, 0.5) is 0 Å². The second-order valence-electron chi connectivity index (χ2n) is 3.62. The summed E-state index contributed by atoms with van der Waals surface area (Å²) in [5.74, 6) is 1.52. The number of thiophene rings is 1. The van der Waals surface area contributed by atoms with Crippen molar-refractivity contribution in [3.63, 3.8) is 0 Å². The lowest BCUT2D eigenvalue weighted by Crippen LogP contribution is -1.97. The number of halogens is 1. The van der Waals surface area contributed by atoms with Gasteiger partial charge in [0.2, 0.25) is 0 Å². The summed E-state index contributed by atoms with van der Waals surface area (Å²) in [6, 6.07) is 5.70. The largest absolute Gasteiger partial charge is 0.463 e. The Morgan fingerprint density at radius 2 is 2.25 bits per heavy atom. The smallest absolute Gasteiger partial charge is 0.138 e. The zero-order valence-corrected chi connectivity index (χ0v) is 11.6. The molecule has 16 heavy (non-hydrogen) atoms. The zero-order valence-electron chi connectivity index (χ0n) is 9.16. The maximum atomic E-state index is 10.2. The average Bonchev–Trinajstić information content (AvgIpc) is 2.84. The molecule has 4 heteroatoms. The number of furan rings is 1. The summed E-state index contributed by atoms with van der Waals surface area (Å²) in [5, 5.41) is 10.2. The van der Waals surface area contributed by atoms with Crippen LogP contribution in [0.15, 0.2) is 26.4 Å². The first-order chi connectivity index (χ1) is 7.61. The van der Waals surface area contributed by atoms with Gasteiger partial charge in [0.05, 0.1) is 3.79 Å². The SMILES string of the molecule is CCc1ccc(C(O)c2cc(Br)sc2C)o1. The molecule has 1 N–H and O–H groups in total. The van der Waals surface area contributed by atoms with Crippen LogP contribution in [0.1, 0.15) is 35.0 Å². The minimum Gasteiger partial charge on any atom is -0.463 e. The van der Waals surface area contributed by atoms with E-state index in [1.165, 1.54) is 0 Å². The van der Waals surface area contributed by atoms with Crippen molar-refractivity contribution in [1.82, 2.24) is 0 Å². The van der Waals surface area contributed by atoms with Gasteiger partial charge in [0.15, 0.2) is 0 Å². The van der Waals surface area contributed by atoms with E-state index in [4.69, 9.17) is 4.42 Å². The lowest BCUT2D eigenvalue weighted by Gasteiger charge is -2.06. The molecule has 0 aliphatic heterocycles. The predicted octanol–water partition coefficient (Wildman–Crippen LogP) is 4.06. The van der Waals surface area contributed by atoms with E-state index >= 15 is 0 Å². The molecule has 2 aromatic rings. The van der Waals surface area contributed by atoms with Gasteiger partial charge in [0.1, 0.15) is 17.6 Å². The van der Waals surface area contributed by atoms with E-state index in [1.807, 2.05) is 32.0 Å². The van der Waals surface area contributed by atoms with Crippen LogP contribution >= 0.6 is 27.3 Å². The van der Waals surface area contributed by atoms with Crippen molar-refractivity contribution in [3.05, 3.63) is 43.9 Å². The molecule has 2 aromatic heterocycles. The van der Waals surface area contributed by atoms with E-state index in [9.17, 15) is 5.11 Å². The number of aliphatic hydroxyl groups excluding tert-OH is 1. The first-order valence-corrected chi connectivity index (χ1v) is 6.75. The Morgan fingerprint density at radius 1 is 1.50 bits per heavy atom. The predicted molar refractivity (Wildman–Crippen MR) is 68.9 cm³/mol. The molecule has 0 aliphatic carbocycles. The highest BCUT2D eigenvalue weighted by Gasteiger charge is 2.18. The molecule has 1 unspecified atom stereocenters. The Kier molecular flexibility index (Phi) is 3.52. The van der Waals surface area contributed by atoms with Crippen molar-refractivity contribution in [2.45, 2.75) is 26.4 Å². The van der Waals surface area contributed by atoms with Gasteiger partial charge in [0, 0.05) is 16.9 Å². The van der Waals surface area contributed by atoms with E-state index in [0.29, 0.717) is 5.76 Å². The van der Waals surface area contributed by atoms with Gasteiger partial charge < -0.3 is 9.52 Å². The highest BCUT2D eigenvalue weighted by Crippen LogP contribution is 2.34. The minimum absolute atomic E-state index is 0.616. The molecular formula is C12H13BrO2S. The Balaban J connectivity index is 2.31. The van der Waals surface area contributed by atoms with Gasteiger partial charge >= 0.3 is 0 Å². The molecule has 86 valence electrons. The summed E-state index contributed by atoms with van der Waals surface area (Å²) in [6.45, 7) is 4.03. The Morgan fingerprint density at radius 3 is 2.75 bits per heavy atom. The van der Waals surface area contributed by atoms with Gasteiger partial charge in [-0.05, 0) is 41.1 Å². The van der Waals surface area contributed by atoms with Crippen molar-refractivity contribution in [2.75, 3.05) is 0 Å². The highest BCUT2D eigenvalue weighted by atomic mass is 79.9. The lowest BCUT2D eigenvalue weighted by molar-refractivity contribution is 0.187. The standard InChI is InChI=1S/C12H13BrO2S/c1-3-8-4-5-10(15-8)12(14)9-6-11(13)16-7(9)2/h4-6,12,14H,3H2,1-2H3. The Bertz CT molecular complexity index is 487. The Labute approximate surface area is 107 Å². The van der Waals surface area contributed by atoms with Crippen molar-refractivity contribution in [1.29, 1.82) is 0 Å². The van der Waals surface area contributed by atoms with Gasteiger partial charge in [0.25, 0.3) is 0 Å². The number of hydrogen-bond acceptors (Lipinski definition) is 3. The first-order valence-electron chi connectivity index (χ1n) is 5.14. The second kappa shape index (κ2) is 4.73. The number of hydrogen-bond donors (Lipinski definition) is 1. The van der Waals surface area contributed by atoms with Gasteiger partial charge in [-0.3, -0.25) is 0 Å². The van der Waals surface area contributed by atoms with Crippen LogP contribution in [0.2, 0.25) is 0 Å². The van der Waals surface area contributed by atoms with Gasteiger partial charge in [-0.25, -0.2) is 0 Å². The van der Waals surface area contributed by atoms with E-state index in [2.05, 4.69) is 15.9 Å². The normalized spacial score (nSPS) is 13.0. The fourth-order valence-corrected chi connectivity index (χ4v) is 3.36. The van der Waals surface area contributed by atoms with Crippen LogP contribution in [0.5, 0.6) is 0 Å². The van der Waals surface area contributed by atoms with E-state index in [0.717, 1.165) is 26.4 Å². The van der Waals surface area contributed by atoms with Crippen LogP contribution in [0, 0.1) is 6.92 Å². The summed E-state index contributed by atoms with van der Waals surface area (Å²) in [4.78, 5) is 1.11. The molecule has 0 radical (unpaired) electrons. The zero-order chi connectivity index (χ0) is 11.7. The molecule has 2 heterocycles. The summed E-state index contributed by atoms with van der Waals surface area (Å²) in [7, 11) is 0. The van der Waals surface area contributed by atoms with Crippen molar-refractivity contribution < 1.29 is 9.52 Å². The summed E-state index contributed by atoms with van der Waals surface area (Å²) >= 11 is 5.04. The van der Waals surface area contributed by atoms with Gasteiger partial charge in [-0.1, -0.05) is 6.92 Å². The molecule has 0 bridgehead atoms. The maximum absolute atomic E-state index is 10.2. The maximum Gasteiger partial charge on any atom is 0.138 e. The molecule has 2 nitrogen and oxygen atoms in total. The van der Waals surface area contributed by atoms with Crippen molar-refractivity contribution in [2.24, 2.45) is 0 Å². The van der Waals surface area contributed by atoms with Crippen molar-refractivity contribution in [3.8, 4) is 0 Å². The molecule has 0 aliphatic rings. The number of aliphatic hydroxyl groups is 1. The van der Waals surface area contributed by atoms with Gasteiger partial charge in [-0.15, -0.1) is 11.3 Å². The number of rotatable bonds is 3. The molecule has 0 amide bonds. The van der Waals surface area contributed by atoms with E-state index in [1.54, 1.807) is 11.3 Å². The summed E-state index contributed by atoms with van der Waals surface area (Å²) < 4.78 is 6.58. The van der Waals surface area contributed by atoms with Crippen LogP contribution in [-0.2, 0) is 6.42 Å². The quantitative estimate of drug-likeness (QED) is 0.927. The van der Waals surface area contributed by atoms with Crippen LogP contribution in [0.25, 0.3) is 0 Å². The highest BCUT2D eigenvalue weighted by molar-refractivity contribution is 9.11. The molecular weight excluding hydrogens is 288 g/mol. The Hall–Kier alpha value is -0.580. The van der Waals surface area contributed by atoms with E-state index in [-0.39, 0.29) is 0 Å². The molecule has 0 fully saturated rings. The van der Waals surface area contributed by atoms with E-state index < -0.39 is 6.10 Å². The fourth-order valence-electron chi connectivity index (χ4n) is 1.61. The molecule has 2 rings (SSSR count). The topological polar surface area (TPSA) is 33.4 Å². The van der Waals surface area contributed by atoms with Gasteiger partial charge in [-0.2, -0.15) is 0 Å². The monoisotopic (exact) mass is 300 g/mol.